The van der Waals surface area contributed by atoms with Crippen molar-refractivity contribution in [2.45, 2.75) is 13.6 Å². The number of hydrogen-bond donors (Lipinski definition) is 1. The Balaban J connectivity index is 1.32. The molecule has 32 heavy (non-hydrogen) atoms. The molecular formula is C23H25Cl2N5O2. The maximum absolute atomic E-state index is 13.0. The predicted octanol–water partition coefficient (Wildman–Crippen LogP) is 3.47. The summed E-state index contributed by atoms with van der Waals surface area (Å²) in [6, 6.07) is 14.4. The number of aromatic nitrogens is 2. The first kappa shape index (κ1) is 22.6. The second-order valence-electron chi connectivity index (χ2n) is 7.90. The maximum Gasteiger partial charge on any atom is 0.334 e. The van der Waals surface area contributed by atoms with Crippen molar-refractivity contribution in [1.82, 2.24) is 18.9 Å². The number of para-hydroxylation sites is 1. The normalized spacial score (nSPS) is 15.1. The summed E-state index contributed by atoms with van der Waals surface area (Å²) in [7, 11) is 0. The van der Waals surface area contributed by atoms with Crippen molar-refractivity contribution in [1.29, 1.82) is 0 Å². The lowest BCUT2D eigenvalue weighted by Crippen LogP contribution is -2.49. The maximum atomic E-state index is 13.0. The second-order valence-corrected chi connectivity index (χ2v) is 8.74. The molecule has 0 atom stereocenters. The summed E-state index contributed by atoms with van der Waals surface area (Å²) < 4.78 is 3.41. The summed E-state index contributed by atoms with van der Waals surface area (Å²) in [5.41, 5.74) is 2.21. The van der Waals surface area contributed by atoms with Crippen LogP contribution in [0.25, 0.3) is 5.69 Å². The van der Waals surface area contributed by atoms with Gasteiger partial charge in [0.1, 0.15) is 0 Å². The summed E-state index contributed by atoms with van der Waals surface area (Å²) in [4.78, 5) is 29.6. The smallest absolute Gasteiger partial charge is 0.324 e. The van der Waals surface area contributed by atoms with Crippen molar-refractivity contribution in [2.75, 3.05) is 38.0 Å². The fraction of sp³-hybridized carbons (Fsp3) is 0.304. The van der Waals surface area contributed by atoms with E-state index in [9.17, 15) is 9.59 Å². The highest BCUT2D eigenvalue weighted by atomic mass is 35.5. The molecule has 7 nitrogen and oxygen atoms in total. The molecule has 0 unspecified atom stereocenters. The molecule has 0 saturated carbocycles. The van der Waals surface area contributed by atoms with E-state index in [0.29, 0.717) is 28.9 Å². The van der Waals surface area contributed by atoms with E-state index < -0.39 is 0 Å². The van der Waals surface area contributed by atoms with Gasteiger partial charge >= 0.3 is 5.69 Å². The number of hydrogen-bond acceptors (Lipinski definition) is 4. The molecule has 1 saturated heterocycles. The fourth-order valence-electron chi connectivity index (χ4n) is 3.88. The molecule has 0 spiro atoms. The van der Waals surface area contributed by atoms with Crippen molar-refractivity contribution >= 4 is 34.8 Å². The van der Waals surface area contributed by atoms with Gasteiger partial charge in [-0.3, -0.25) is 23.7 Å². The average molecular weight is 474 g/mol. The van der Waals surface area contributed by atoms with E-state index in [-0.39, 0.29) is 11.6 Å². The average Bonchev–Trinajstić information content (AvgIpc) is 3.05. The minimum absolute atomic E-state index is 0.0774. The van der Waals surface area contributed by atoms with Crippen molar-refractivity contribution in [3.63, 3.8) is 0 Å². The number of carbonyl (C=O) groups excluding carboxylic acids is 1. The summed E-state index contributed by atoms with van der Waals surface area (Å²) in [6.07, 6.45) is 1.88. The van der Waals surface area contributed by atoms with E-state index in [1.165, 1.54) is 0 Å². The van der Waals surface area contributed by atoms with Crippen LogP contribution in [0, 0.1) is 6.92 Å². The second kappa shape index (κ2) is 9.92. The number of anilines is 1. The van der Waals surface area contributed by atoms with E-state index in [2.05, 4.69) is 15.1 Å². The minimum Gasteiger partial charge on any atom is -0.324 e. The number of rotatable bonds is 6. The van der Waals surface area contributed by atoms with Crippen LogP contribution < -0.4 is 11.0 Å². The van der Waals surface area contributed by atoms with E-state index >= 15 is 0 Å². The fourth-order valence-corrected chi connectivity index (χ4v) is 4.19. The first-order chi connectivity index (χ1) is 15.4. The summed E-state index contributed by atoms with van der Waals surface area (Å²) in [5.74, 6) is -0.0848. The molecule has 1 aliphatic rings. The van der Waals surface area contributed by atoms with Crippen molar-refractivity contribution in [2.24, 2.45) is 0 Å². The molecule has 1 fully saturated rings. The minimum atomic E-state index is -0.0848. The third kappa shape index (κ3) is 5.24. The SMILES string of the molecule is Cc1cn(CN2CCN(CC(=O)Nc3ccccc3Cl)CC2)c(=O)n1-c1ccc(Cl)cc1. The Labute approximate surface area is 196 Å². The Hall–Kier alpha value is -2.58. The Morgan fingerprint density at radius 1 is 0.969 bits per heavy atom. The molecule has 2 aromatic carbocycles. The monoisotopic (exact) mass is 473 g/mol. The molecular weight excluding hydrogens is 449 g/mol. The third-order valence-corrected chi connectivity index (χ3v) is 6.13. The highest BCUT2D eigenvalue weighted by Crippen LogP contribution is 2.20. The van der Waals surface area contributed by atoms with Crippen LogP contribution in [-0.2, 0) is 11.5 Å². The number of nitrogens with one attached hydrogen (secondary N) is 1. The van der Waals surface area contributed by atoms with Crippen LogP contribution in [-0.4, -0.2) is 57.6 Å². The van der Waals surface area contributed by atoms with Gasteiger partial charge in [0.2, 0.25) is 5.91 Å². The molecule has 4 rings (SSSR count). The Morgan fingerprint density at radius 2 is 1.62 bits per heavy atom. The molecule has 1 aromatic heterocycles. The number of halogens is 2. The molecule has 1 amide bonds. The Morgan fingerprint density at radius 3 is 2.31 bits per heavy atom. The van der Waals surface area contributed by atoms with Gasteiger partial charge in [-0.1, -0.05) is 35.3 Å². The molecule has 1 N–H and O–H groups in total. The Bertz CT molecular complexity index is 1150. The van der Waals surface area contributed by atoms with Gasteiger partial charge < -0.3 is 5.32 Å². The number of imidazole rings is 1. The first-order valence-electron chi connectivity index (χ1n) is 10.4. The first-order valence-corrected chi connectivity index (χ1v) is 11.2. The van der Waals surface area contributed by atoms with Gasteiger partial charge in [0, 0.05) is 43.1 Å². The predicted molar refractivity (Wildman–Crippen MR) is 128 cm³/mol. The highest BCUT2D eigenvalue weighted by molar-refractivity contribution is 6.33. The summed E-state index contributed by atoms with van der Waals surface area (Å²) >= 11 is 12.1. The van der Waals surface area contributed by atoms with Gasteiger partial charge in [0.15, 0.2) is 0 Å². The molecule has 3 aromatic rings. The van der Waals surface area contributed by atoms with Gasteiger partial charge in [0.05, 0.1) is 29.6 Å². The van der Waals surface area contributed by atoms with Crippen molar-refractivity contribution in [3.8, 4) is 5.69 Å². The van der Waals surface area contributed by atoms with Crippen LogP contribution in [0.2, 0.25) is 10.0 Å². The van der Waals surface area contributed by atoms with Crippen LogP contribution in [0.3, 0.4) is 0 Å². The lowest BCUT2D eigenvalue weighted by Gasteiger charge is -2.34. The van der Waals surface area contributed by atoms with E-state index in [1.54, 1.807) is 33.4 Å². The van der Waals surface area contributed by atoms with Crippen molar-refractivity contribution in [3.05, 3.63) is 81.0 Å². The lowest BCUT2D eigenvalue weighted by atomic mass is 10.3. The van der Waals surface area contributed by atoms with Gasteiger partial charge in [0.25, 0.3) is 0 Å². The standard InChI is InChI=1S/C23H25Cl2N5O2/c1-17-14-29(23(32)30(17)19-8-6-18(24)7-9-19)16-28-12-10-27(11-13-28)15-22(31)26-21-5-3-2-4-20(21)25/h2-9,14H,10-13,15-16H2,1H3,(H,26,31). The molecule has 168 valence electrons. The number of amides is 1. The molecule has 1 aliphatic heterocycles. The van der Waals surface area contributed by atoms with Crippen LogP contribution in [0.1, 0.15) is 5.69 Å². The zero-order valence-corrected chi connectivity index (χ0v) is 19.3. The quantitative estimate of drug-likeness (QED) is 0.595. The van der Waals surface area contributed by atoms with E-state index in [4.69, 9.17) is 23.2 Å². The molecule has 0 radical (unpaired) electrons. The number of aryl methyl sites for hydroxylation is 1. The molecule has 9 heteroatoms. The zero-order chi connectivity index (χ0) is 22.7. The topological polar surface area (TPSA) is 62.5 Å². The highest BCUT2D eigenvalue weighted by Gasteiger charge is 2.21. The van der Waals surface area contributed by atoms with Gasteiger partial charge in [-0.15, -0.1) is 0 Å². The molecule has 2 heterocycles. The van der Waals surface area contributed by atoms with Crippen LogP contribution in [0.15, 0.2) is 59.5 Å². The van der Waals surface area contributed by atoms with E-state index in [0.717, 1.165) is 37.6 Å². The van der Waals surface area contributed by atoms with Crippen LogP contribution in [0.5, 0.6) is 0 Å². The number of nitrogens with zero attached hydrogens (tertiary/aromatic N) is 4. The zero-order valence-electron chi connectivity index (χ0n) is 17.8. The van der Waals surface area contributed by atoms with Crippen LogP contribution in [0.4, 0.5) is 5.69 Å². The van der Waals surface area contributed by atoms with E-state index in [1.807, 2.05) is 37.4 Å². The number of carbonyl (C=O) groups is 1. The lowest BCUT2D eigenvalue weighted by molar-refractivity contribution is -0.117. The van der Waals surface area contributed by atoms with Gasteiger partial charge in [-0.2, -0.15) is 0 Å². The Kier molecular flexibility index (Phi) is 7.01. The van der Waals surface area contributed by atoms with Gasteiger partial charge in [-0.25, -0.2) is 4.79 Å². The van der Waals surface area contributed by atoms with Crippen LogP contribution >= 0.6 is 23.2 Å². The molecule has 0 bridgehead atoms. The number of piperazine rings is 1. The largest absolute Gasteiger partial charge is 0.334 e. The summed E-state index contributed by atoms with van der Waals surface area (Å²) in [6.45, 7) is 5.80. The third-order valence-electron chi connectivity index (χ3n) is 5.55. The molecule has 0 aliphatic carbocycles. The van der Waals surface area contributed by atoms with Crippen molar-refractivity contribution < 1.29 is 4.79 Å². The summed E-state index contributed by atoms with van der Waals surface area (Å²) in [5, 5.41) is 4.02. The van der Waals surface area contributed by atoms with Gasteiger partial charge in [-0.05, 0) is 43.3 Å². The number of benzene rings is 2.